The fourth-order valence-electron chi connectivity index (χ4n) is 2.33. The summed E-state index contributed by atoms with van der Waals surface area (Å²) in [7, 11) is 0. The van der Waals surface area contributed by atoms with E-state index in [0.717, 1.165) is 0 Å². The number of Topliss-reactive ketones (excluding diaryl/α,β-unsaturated/α-hetero) is 2. The molecule has 29 heavy (non-hydrogen) atoms. The van der Waals surface area contributed by atoms with Crippen LogP contribution in [0.2, 0.25) is 0 Å². The van der Waals surface area contributed by atoms with Crippen LogP contribution in [0.5, 0.6) is 0 Å². The summed E-state index contributed by atoms with van der Waals surface area (Å²) in [5.41, 5.74) is 0.747. The minimum Gasteiger partial charge on any atom is -0.411 e. The normalized spacial score (nSPS) is 11.4. The van der Waals surface area contributed by atoms with Gasteiger partial charge in [0.25, 0.3) is 5.22 Å². The van der Waals surface area contributed by atoms with Crippen molar-refractivity contribution in [2.75, 3.05) is 5.75 Å². The van der Waals surface area contributed by atoms with Gasteiger partial charge in [0.2, 0.25) is 18.2 Å². The highest BCUT2D eigenvalue weighted by molar-refractivity contribution is 7.99. The molecule has 3 aromatic rings. The van der Waals surface area contributed by atoms with Gasteiger partial charge in [0.15, 0.2) is 12.4 Å². The van der Waals surface area contributed by atoms with Crippen LogP contribution in [-0.4, -0.2) is 27.5 Å². The van der Waals surface area contributed by atoms with Gasteiger partial charge in [-0.2, -0.15) is 4.57 Å². The first-order valence-electron chi connectivity index (χ1n) is 9.00. The van der Waals surface area contributed by atoms with E-state index in [4.69, 9.17) is 4.42 Å². The lowest BCUT2D eigenvalue weighted by Crippen LogP contribution is -2.37. The topological polar surface area (TPSA) is 76.9 Å². The van der Waals surface area contributed by atoms with Gasteiger partial charge in [-0.25, -0.2) is 4.39 Å². The van der Waals surface area contributed by atoms with Crippen molar-refractivity contribution in [2.24, 2.45) is 5.41 Å². The first-order chi connectivity index (χ1) is 13.7. The van der Waals surface area contributed by atoms with E-state index in [1.807, 2.05) is 20.8 Å². The van der Waals surface area contributed by atoms with Gasteiger partial charge in [0.1, 0.15) is 11.6 Å². The Morgan fingerprint density at radius 1 is 1.07 bits per heavy atom. The van der Waals surface area contributed by atoms with Crippen LogP contribution in [0.15, 0.2) is 58.4 Å². The minimum atomic E-state index is -0.408. The van der Waals surface area contributed by atoms with Gasteiger partial charge >= 0.3 is 0 Å². The Hall–Kier alpha value is -2.87. The summed E-state index contributed by atoms with van der Waals surface area (Å²) in [6.07, 6.45) is 3.47. The zero-order valence-corrected chi connectivity index (χ0v) is 17.2. The number of hydrogen-bond donors (Lipinski definition) is 0. The molecule has 2 aromatic heterocycles. The lowest BCUT2D eigenvalue weighted by Gasteiger charge is -2.14. The molecule has 150 valence electrons. The maximum Gasteiger partial charge on any atom is 0.277 e. The molecule has 0 radical (unpaired) electrons. The number of rotatable bonds is 7. The summed E-state index contributed by atoms with van der Waals surface area (Å²) in [5.74, 6) is 0.216. The van der Waals surface area contributed by atoms with Crippen molar-refractivity contribution < 1.29 is 23.0 Å². The quantitative estimate of drug-likeness (QED) is 0.333. The maximum absolute atomic E-state index is 13.0. The lowest BCUT2D eigenvalue weighted by molar-refractivity contribution is -0.683. The largest absolute Gasteiger partial charge is 0.411 e. The molecule has 0 bridgehead atoms. The zero-order chi connectivity index (χ0) is 21.0. The van der Waals surface area contributed by atoms with Gasteiger partial charge < -0.3 is 4.42 Å². The van der Waals surface area contributed by atoms with Gasteiger partial charge in [0.05, 0.1) is 11.3 Å². The Balaban J connectivity index is 1.61. The highest BCUT2D eigenvalue weighted by Gasteiger charge is 2.22. The van der Waals surface area contributed by atoms with Crippen molar-refractivity contribution in [1.29, 1.82) is 0 Å². The summed E-state index contributed by atoms with van der Waals surface area (Å²) >= 11 is 1.21. The molecule has 0 aliphatic heterocycles. The van der Waals surface area contributed by atoms with Gasteiger partial charge in [-0.15, -0.1) is 10.2 Å². The molecule has 0 atom stereocenters. The summed E-state index contributed by atoms with van der Waals surface area (Å²) in [5, 5.41) is 8.31. The summed E-state index contributed by atoms with van der Waals surface area (Å²) in [6, 6.07) is 8.99. The molecule has 3 rings (SSSR count). The summed E-state index contributed by atoms with van der Waals surface area (Å²) in [4.78, 5) is 24.3. The number of hydrogen-bond acceptors (Lipinski definition) is 6. The number of carbonyl (C=O) groups is 2. The second-order valence-electron chi connectivity index (χ2n) is 7.52. The van der Waals surface area contributed by atoms with Crippen LogP contribution in [-0.2, 0) is 11.3 Å². The highest BCUT2D eigenvalue weighted by atomic mass is 32.2. The van der Waals surface area contributed by atoms with Crippen molar-refractivity contribution in [1.82, 2.24) is 10.2 Å². The van der Waals surface area contributed by atoms with Crippen LogP contribution in [0.3, 0.4) is 0 Å². The van der Waals surface area contributed by atoms with Crippen molar-refractivity contribution in [3.63, 3.8) is 0 Å². The number of halogens is 1. The van der Waals surface area contributed by atoms with E-state index < -0.39 is 5.41 Å². The average molecular weight is 414 g/mol. The molecule has 0 N–H and O–H groups in total. The molecule has 0 saturated heterocycles. The monoisotopic (exact) mass is 414 g/mol. The molecule has 1 aromatic carbocycles. The van der Waals surface area contributed by atoms with E-state index in [0.29, 0.717) is 22.2 Å². The molecule has 0 unspecified atom stereocenters. The summed E-state index contributed by atoms with van der Waals surface area (Å²) in [6.45, 7) is 5.74. The molecule has 0 fully saturated rings. The number of carbonyl (C=O) groups excluding carboxylic acids is 2. The number of benzene rings is 1. The SMILES string of the molecule is CC(C)(C)C(=O)CSc1nnc(-c2cc[n+](CC(=O)c3ccc(F)cc3)cc2)o1. The smallest absolute Gasteiger partial charge is 0.277 e. The number of pyridine rings is 1. The van der Waals surface area contributed by atoms with E-state index in [1.54, 1.807) is 29.1 Å². The van der Waals surface area contributed by atoms with Gasteiger partial charge in [0, 0.05) is 23.1 Å². The molecule has 2 heterocycles. The van der Waals surface area contributed by atoms with Crippen LogP contribution in [0.4, 0.5) is 4.39 Å². The van der Waals surface area contributed by atoms with E-state index in [1.165, 1.54) is 36.0 Å². The Kier molecular flexibility index (Phi) is 6.22. The molecule has 0 amide bonds. The second-order valence-corrected chi connectivity index (χ2v) is 8.45. The molecule has 0 spiro atoms. The van der Waals surface area contributed by atoms with E-state index in [9.17, 15) is 14.0 Å². The molecular weight excluding hydrogens is 393 g/mol. The third kappa shape index (κ3) is 5.57. The molecule has 0 aliphatic carbocycles. The predicted molar refractivity (Wildman–Crippen MR) is 106 cm³/mol. The Morgan fingerprint density at radius 2 is 1.72 bits per heavy atom. The number of ketones is 2. The van der Waals surface area contributed by atoms with Crippen molar-refractivity contribution in [2.45, 2.75) is 32.5 Å². The van der Waals surface area contributed by atoms with E-state index in [-0.39, 0.29) is 29.7 Å². The Bertz CT molecular complexity index is 1010. The van der Waals surface area contributed by atoms with Crippen LogP contribution in [0.1, 0.15) is 31.1 Å². The lowest BCUT2D eigenvalue weighted by atomic mass is 9.92. The fourth-order valence-corrected chi connectivity index (χ4v) is 3.25. The second kappa shape index (κ2) is 8.65. The first-order valence-corrected chi connectivity index (χ1v) is 9.99. The summed E-state index contributed by atoms with van der Waals surface area (Å²) < 4.78 is 20.3. The number of nitrogens with zero attached hydrogens (tertiary/aromatic N) is 3. The van der Waals surface area contributed by atoms with Crippen LogP contribution >= 0.6 is 11.8 Å². The van der Waals surface area contributed by atoms with Crippen LogP contribution < -0.4 is 4.57 Å². The maximum atomic E-state index is 13.0. The predicted octanol–water partition coefficient (Wildman–Crippen LogP) is 3.75. The highest BCUT2D eigenvalue weighted by Crippen LogP contribution is 2.25. The Labute approximate surface area is 172 Å². The van der Waals surface area contributed by atoms with Crippen LogP contribution in [0, 0.1) is 11.2 Å². The standard InChI is InChI=1S/C21H21FN3O3S/c1-21(2,3)18(27)13-29-20-24-23-19(28-20)15-8-10-25(11-9-15)12-17(26)14-4-6-16(22)7-5-14/h4-11H,12-13H2,1-3H3/q+1. The molecule has 6 nitrogen and oxygen atoms in total. The third-order valence-corrected chi connectivity index (χ3v) is 5.02. The minimum absolute atomic E-state index is 0.105. The van der Waals surface area contributed by atoms with Crippen molar-refractivity contribution >= 4 is 23.3 Å². The number of aromatic nitrogens is 3. The average Bonchev–Trinajstić information content (AvgIpc) is 3.15. The zero-order valence-electron chi connectivity index (χ0n) is 16.4. The van der Waals surface area contributed by atoms with Crippen LogP contribution in [0.25, 0.3) is 11.5 Å². The number of thioether (sulfide) groups is 1. The third-order valence-electron chi connectivity index (χ3n) is 4.20. The first kappa shape index (κ1) is 20.9. The van der Waals surface area contributed by atoms with Gasteiger partial charge in [-0.3, -0.25) is 9.59 Å². The fraction of sp³-hybridized carbons (Fsp3) is 0.286. The Morgan fingerprint density at radius 3 is 2.34 bits per heavy atom. The molecule has 8 heteroatoms. The molecular formula is C21H21FN3O3S+. The van der Waals surface area contributed by atoms with Gasteiger partial charge in [-0.1, -0.05) is 32.5 Å². The van der Waals surface area contributed by atoms with E-state index >= 15 is 0 Å². The molecule has 0 saturated carbocycles. The van der Waals surface area contributed by atoms with Crippen molar-refractivity contribution in [3.05, 3.63) is 60.2 Å². The van der Waals surface area contributed by atoms with Crippen molar-refractivity contribution in [3.8, 4) is 11.5 Å². The molecule has 0 aliphatic rings. The van der Waals surface area contributed by atoms with Gasteiger partial charge in [-0.05, 0) is 24.3 Å². The van der Waals surface area contributed by atoms with E-state index in [2.05, 4.69) is 10.2 Å².